The van der Waals surface area contributed by atoms with Crippen molar-refractivity contribution in [3.63, 3.8) is 0 Å². The second-order valence-electron chi connectivity index (χ2n) is 4.85. The number of carbonyl (C=O) groups excluding carboxylic acids is 1. The summed E-state index contributed by atoms with van der Waals surface area (Å²) in [6.45, 7) is 1.93. The van der Waals surface area contributed by atoms with Crippen LogP contribution in [-0.4, -0.2) is 27.2 Å². The average molecular weight is 336 g/mol. The topological polar surface area (TPSA) is 56.8 Å². The van der Waals surface area contributed by atoms with Crippen molar-refractivity contribution in [2.45, 2.75) is 6.92 Å². The molecule has 0 spiro atoms. The average Bonchev–Trinajstić information content (AvgIpc) is 2.54. The molecular weight excluding hydrogens is 318 g/mol. The number of nitrogens with one attached hydrogen (secondary N) is 1. The van der Waals surface area contributed by atoms with Crippen LogP contribution in [0.2, 0.25) is 5.02 Å². The summed E-state index contributed by atoms with van der Waals surface area (Å²) in [7, 11) is 4.52. The van der Waals surface area contributed by atoms with E-state index >= 15 is 0 Å². The summed E-state index contributed by atoms with van der Waals surface area (Å²) in [6, 6.07) is 8.64. The van der Waals surface area contributed by atoms with Crippen LogP contribution in [0, 0.1) is 6.92 Å². The number of benzene rings is 2. The zero-order valence-corrected chi connectivity index (χ0v) is 14.2. The van der Waals surface area contributed by atoms with Gasteiger partial charge >= 0.3 is 0 Å². The normalized spacial score (nSPS) is 10.1. The maximum atomic E-state index is 12.5. The van der Waals surface area contributed by atoms with Crippen LogP contribution >= 0.6 is 11.6 Å². The van der Waals surface area contributed by atoms with Gasteiger partial charge in [-0.2, -0.15) is 0 Å². The third kappa shape index (κ3) is 3.68. The van der Waals surface area contributed by atoms with Crippen molar-refractivity contribution < 1.29 is 19.0 Å². The highest BCUT2D eigenvalue weighted by atomic mass is 35.5. The highest BCUT2D eigenvalue weighted by Gasteiger charge is 2.16. The van der Waals surface area contributed by atoms with Gasteiger partial charge in [0.1, 0.15) is 5.75 Å². The number of amides is 1. The fourth-order valence-corrected chi connectivity index (χ4v) is 2.45. The number of hydrogen-bond donors (Lipinski definition) is 1. The molecule has 23 heavy (non-hydrogen) atoms. The quantitative estimate of drug-likeness (QED) is 0.899. The summed E-state index contributed by atoms with van der Waals surface area (Å²) in [6.07, 6.45) is 0. The Kier molecular flexibility index (Phi) is 5.34. The van der Waals surface area contributed by atoms with E-state index in [2.05, 4.69) is 5.32 Å². The summed E-state index contributed by atoms with van der Waals surface area (Å²) in [5, 5.41) is 3.11. The molecule has 0 saturated heterocycles. The molecule has 6 heteroatoms. The molecule has 0 fully saturated rings. The van der Waals surface area contributed by atoms with E-state index in [0.717, 1.165) is 5.56 Å². The molecule has 0 aliphatic carbocycles. The molecule has 0 atom stereocenters. The van der Waals surface area contributed by atoms with E-state index in [9.17, 15) is 4.79 Å². The molecule has 122 valence electrons. The number of anilines is 1. The lowest BCUT2D eigenvalue weighted by Crippen LogP contribution is -2.13. The Morgan fingerprint density at radius 1 is 1.00 bits per heavy atom. The van der Waals surface area contributed by atoms with E-state index in [0.29, 0.717) is 33.5 Å². The molecule has 2 aromatic carbocycles. The second kappa shape index (κ2) is 7.24. The van der Waals surface area contributed by atoms with Crippen LogP contribution in [-0.2, 0) is 0 Å². The van der Waals surface area contributed by atoms with Crippen molar-refractivity contribution in [2.24, 2.45) is 0 Å². The van der Waals surface area contributed by atoms with E-state index in [-0.39, 0.29) is 5.91 Å². The minimum Gasteiger partial charge on any atom is -0.495 e. The predicted octanol–water partition coefficient (Wildman–Crippen LogP) is 3.93. The van der Waals surface area contributed by atoms with Crippen molar-refractivity contribution in [3.05, 3.63) is 46.5 Å². The van der Waals surface area contributed by atoms with Crippen molar-refractivity contribution in [1.29, 1.82) is 0 Å². The van der Waals surface area contributed by atoms with Crippen molar-refractivity contribution in [3.8, 4) is 17.2 Å². The van der Waals surface area contributed by atoms with E-state index in [1.54, 1.807) is 19.2 Å². The standard InChI is InChI=1S/C17H18ClNO4/c1-10-5-6-14(21-2)13(7-10)19-17(20)11-8-12(18)16(23-4)15(9-11)22-3/h5-9H,1-4H3,(H,19,20). The van der Waals surface area contributed by atoms with Gasteiger partial charge in [-0.1, -0.05) is 17.7 Å². The van der Waals surface area contributed by atoms with Crippen LogP contribution in [0.3, 0.4) is 0 Å². The molecule has 0 aliphatic rings. The van der Waals surface area contributed by atoms with Gasteiger partial charge in [0.2, 0.25) is 0 Å². The maximum Gasteiger partial charge on any atom is 0.255 e. The lowest BCUT2D eigenvalue weighted by atomic mass is 10.1. The Balaban J connectivity index is 2.35. The molecule has 0 saturated carbocycles. The maximum absolute atomic E-state index is 12.5. The van der Waals surface area contributed by atoms with Crippen molar-refractivity contribution in [2.75, 3.05) is 26.6 Å². The SMILES string of the molecule is COc1ccc(C)cc1NC(=O)c1cc(Cl)c(OC)c(OC)c1. The third-order valence-corrected chi connectivity index (χ3v) is 3.58. The fraction of sp³-hybridized carbons (Fsp3) is 0.235. The smallest absolute Gasteiger partial charge is 0.255 e. The zero-order valence-electron chi connectivity index (χ0n) is 13.4. The number of hydrogen-bond acceptors (Lipinski definition) is 4. The van der Waals surface area contributed by atoms with Crippen molar-refractivity contribution in [1.82, 2.24) is 0 Å². The predicted molar refractivity (Wildman–Crippen MR) is 90.2 cm³/mol. The van der Waals surface area contributed by atoms with Crippen LogP contribution in [0.15, 0.2) is 30.3 Å². The zero-order chi connectivity index (χ0) is 17.0. The summed E-state index contributed by atoms with van der Waals surface area (Å²) in [5.74, 6) is 1.03. The number of rotatable bonds is 5. The van der Waals surface area contributed by atoms with Gasteiger partial charge in [0.25, 0.3) is 5.91 Å². The Bertz CT molecular complexity index is 731. The molecule has 2 rings (SSSR count). The molecule has 1 N–H and O–H groups in total. The Hall–Kier alpha value is -2.40. The lowest BCUT2D eigenvalue weighted by molar-refractivity contribution is 0.102. The molecule has 0 unspecified atom stereocenters. The highest BCUT2D eigenvalue weighted by molar-refractivity contribution is 6.32. The van der Waals surface area contributed by atoms with Gasteiger partial charge < -0.3 is 19.5 Å². The summed E-state index contributed by atoms with van der Waals surface area (Å²) < 4.78 is 15.6. The van der Waals surface area contributed by atoms with Gasteiger partial charge in [-0.15, -0.1) is 0 Å². The van der Waals surface area contributed by atoms with E-state index < -0.39 is 0 Å². The minimum atomic E-state index is -0.322. The van der Waals surface area contributed by atoms with Gasteiger partial charge in [0.15, 0.2) is 11.5 Å². The first kappa shape index (κ1) is 17.0. The van der Waals surface area contributed by atoms with Gasteiger partial charge in [-0.05, 0) is 36.8 Å². The fourth-order valence-electron chi connectivity index (χ4n) is 2.16. The van der Waals surface area contributed by atoms with Crippen LogP contribution in [0.1, 0.15) is 15.9 Å². The number of ether oxygens (including phenoxy) is 3. The summed E-state index contributed by atoms with van der Waals surface area (Å²) in [5.41, 5.74) is 1.95. The van der Waals surface area contributed by atoms with Crippen molar-refractivity contribution >= 4 is 23.2 Å². The number of methoxy groups -OCH3 is 3. The molecule has 2 aromatic rings. The number of carbonyl (C=O) groups is 1. The van der Waals surface area contributed by atoms with Gasteiger partial charge in [0.05, 0.1) is 32.0 Å². The number of aryl methyl sites for hydroxylation is 1. The molecule has 5 nitrogen and oxygen atoms in total. The first-order chi connectivity index (χ1) is 11.0. The second-order valence-corrected chi connectivity index (χ2v) is 5.26. The molecule has 0 aliphatic heterocycles. The summed E-state index contributed by atoms with van der Waals surface area (Å²) in [4.78, 5) is 12.5. The molecular formula is C17H18ClNO4. The monoisotopic (exact) mass is 335 g/mol. The largest absolute Gasteiger partial charge is 0.495 e. The number of halogens is 1. The molecule has 0 radical (unpaired) electrons. The molecule has 0 heterocycles. The van der Waals surface area contributed by atoms with Crippen LogP contribution in [0.5, 0.6) is 17.2 Å². The summed E-state index contributed by atoms with van der Waals surface area (Å²) >= 11 is 6.13. The van der Waals surface area contributed by atoms with Crippen LogP contribution in [0.4, 0.5) is 5.69 Å². The van der Waals surface area contributed by atoms with E-state index in [1.807, 2.05) is 19.1 Å². The Labute approximate surface area is 140 Å². The molecule has 0 aromatic heterocycles. The molecule has 1 amide bonds. The van der Waals surface area contributed by atoms with E-state index in [1.165, 1.54) is 20.3 Å². The van der Waals surface area contributed by atoms with Gasteiger partial charge in [0, 0.05) is 5.56 Å². The Morgan fingerprint density at radius 3 is 2.30 bits per heavy atom. The highest BCUT2D eigenvalue weighted by Crippen LogP contribution is 2.36. The lowest BCUT2D eigenvalue weighted by Gasteiger charge is -2.13. The third-order valence-electron chi connectivity index (χ3n) is 3.30. The molecule has 0 bridgehead atoms. The van der Waals surface area contributed by atoms with Crippen LogP contribution < -0.4 is 19.5 Å². The minimum absolute atomic E-state index is 0.299. The first-order valence-electron chi connectivity index (χ1n) is 6.87. The first-order valence-corrected chi connectivity index (χ1v) is 7.25. The van der Waals surface area contributed by atoms with Gasteiger partial charge in [-0.25, -0.2) is 0 Å². The van der Waals surface area contributed by atoms with Crippen LogP contribution in [0.25, 0.3) is 0 Å². The van der Waals surface area contributed by atoms with Gasteiger partial charge in [-0.3, -0.25) is 4.79 Å². The Morgan fingerprint density at radius 2 is 1.70 bits per heavy atom. The van der Waals surface area contributed by atoms with E-state index in [4.69, 9.17) is 25.8 Å².